The largest absolute Gasteiger partial charge is 0.310 e. The molecule has 8 aromatic rings. The fraction of sp³-hybridized carbons (Fsp3) is 0.0800. The van der Waals surface area contributed by atoms with Crippen molar-refractivity contribution in [3.63, 3.8) is 0 Å². The molecule has 0 N–H and O–H groups in total. The van der Waals surface area contributed by atoms with Crippen molar-refractivity contribution in [1.29, 1.82) is 0 Å². The Kier molecular flexibility index (Phi) is 6.78. The molecule has 256 valence electrons. The van der Waals surface area contributed by atoms with E-state index in [1.54, 1.807) is 0 Å². The maximum atomic E-state index is 2.48. The number of para-hydroxylation sites is 4. The van der Waals surface area contributed by atoms with Crippen LogP contribution >= 0.6 is 23.5 Å². The minimum Gasteiger partial charge on any atom is -0.310 e. The molecule has 0 bridgehead atoms. The summed E-state index contributed by atoms with van der Waals surface area (Å²) in [5, 5.41) is 2.77. The van der Waals surface area contributed by atoms with Gasteiger partial charge >= 0.3 is 0 Å². The van der Waals surface area contributed by atoms with Crippen LogP contribution < -0.4 is 9.80 Å². The van der Waals surface area contributed by atoms with Gasteiger partial charge in [0, 0.05) is 64.5 Å². The third-order valence-electron chi connectivity index (χ3n) is 11.8. The maximum absolute atomic E-state index is 2.48. The third kappa shape index (κ3) is 4.57. The summed E-state index contributed by atoms with van der Waals surface area (Å²) in [6.07, 6.45) is 4.19. The number of benzene rings is 8. The van der Waals surface area contributed by atoms with Crippen molar-refractivity contribution < 1.29 is 0 Å². The van der Waals surface area contributed by atoms with E-state index < -0.39 is 0 Å². The summed E-state index contributed by atoms with van der Waals surface area (Å²) in [7, 11) is 0. The second kappa shape index (κ2) is 11.9. The van der Waals surface area contributed by atoms with Crippen molar-refractivity contribution in [2.75, 3.05) is 9.80 Å². The highest BCUT2D eigenvalue weighted by Gasteiger charge is 2.30. The minimum absolute atomic E-state index is 1.05. The van der Waals surface area contributed by atoms with Crippen molar-refractivity contribution >= 4 is 68.4 Å². The molecule has 0 aliphatic carbocycles. The number of rotatable bonds is 2. The Hall–Kier alpha value is -5.68. The average molecular weight is 727 g/mol. The standard InChI is InChI=1S/C50H34N2S2/c1-5-13-41-31(9-1)17-18-32-10-2-6-14-42(32)51(41)35-21-23-37-39-25-26-40-38-24-22-36(30-48(38)54-46-28-27-45(49(39)50(40)46)53-47(37)29-35)52-43-15-7-3-11-33(43)19-20-34-12-4-8-16-44(34)52/h1-16,21-30H,17-20H2. The van der Waals surface area contributed by atoms with Gasteiger partial charge in [-0.1, -0.05) is 121 Å². The lowest BCUT2D eigenvalue weighted by molar-refractivity contribution is 0.977. The van der Waals surface area contributed by atoms with Crippen LogP contribution in [0.15, 0.2) is 177 Å². The third-order valence-corrected chi connectivity index (χ3v) is 14.0. The van der Waals surface area contributed by atoms with Crippen LogP contribution in [0.3, 0.4) is 0 Å². The smallest absolute Gasteiger partial charge is 0.0493 e. The normalized spacial score (nSPS) is 14.5. The quantitative estimate of drug-likeness (QED) is 0.175. The van der Waals surface area contributed by atoms with Crippen molar-refractivity contribution in [1.82, 2.24) is 0 Å². The maximum Gasteiger partial charge on any atom is 0.0493 e. The average Bonchev–Trinajstić information content (AvgIpc) is 3.50. The second-order valence-electron chi connectivity index (χ2n) is 14.7. The highest BCUT2D eigenvalue weighted by atomic mass is 32.2. The first-order chi connectivity index (χ1) is 26.8. The molecule has 8 aromatic carbocycles. The molecule has 2 nitrogen and oxygen atoms in total. The van der Waals surface area contributed by atoms with Gasteiger partial charge in [0.1, 0.15) is 0 Å². The molecule has 4 aliphatic rings. The Morgan fingerprint density at radius 3 is 1.02 bits per heavy atom. The Balaban J connectivity index is 0.970. The van der Waals surface area contributed by atoms with E-state index in [-0.39, 0.29) is 0 Å². The van der Waals surface area contributed by atoms with Gasteiger partial charge in [0.05, 0.1) is 0 Å². The van der Waals surface area contributed by atoms with E-state index in [9.17, 15) is 0 Å². The summed E-state index contributed by atoms with van der Waals surface area (Å²) in [5.74, 6) is 0. The van der Waals surface area contributed by atoms with Crippen molar-refractivity contribution in [2.45, 2.75) is 45.3 Å². The van der Waals surface area contributed by atoms with Gasteiger partial charge in [0.2, 0.25) is 0 Å². The number of fused-ring (bicyclic) bond motifs is 8. The van der Waals surface area contributed by atoms with Crippen molar-refractivity contribution in [3.8, 4) is 22.3 Å². The summed E-state index contributed by atoms with van der Waals surface area (Å²) in [4.78, 5) is 10.3. The topological polar surface area (TPSA) is 6.48 Å². The molecule has 12 rings (SSSR count). The monoisotopic (exact) mass is 726 g/mol. The van der Waals surface area contributed by atoms with E-state index in [1.807, 2.05) is 23.5 Å². The fourth-order valence-electron chi connectivity index (χ4n) is 9.32. The molecular weight excluding hydrogens is 693 g/mol. The number of aryl methyl sites for hydroxylation is 4. The van der Waals surface area contributed by atoms with E-state index in [1.165, 1.54) is 109 Å². The summed E-state index contributed by atoms with van der Waals surface area (Å²) >= 11 is 3.84. The number of nitrogens with zero attached hydrogens (tertiary/aromatic N) is 2. The van der Waals surface area contributed by atoms with Gasteiger partial charge in [-0.25, -0.2) is 0 Å². The zero-order valence-corrected chi connectivity index (χ0v) is 31.2. The minimum atomic E-state index is 1.05. The van der Waals surface area contributed by atoms with E-state index >= 15 is 0 Å². The van der Waals surface area contributed by atoms with Gasteiger partial charge in [-0.2, -0.15) is 0 Å². The number of hydrogen-bond acceptors (Lipinski definition) is 4. The van der Waals surface area contributed by atoms with E-state index in [0.717, 1.165) is 25.7 Å². The second-order valence-corrected chi connectivity index (χ2v) is 16.9. The van der Waals surface area contributed by atoms with Gasteiger partial charge in [-0.15, -0.1) is 0 Å². The summed E-state index contributed by atoms with van der Waals surface area (Å²) < 4.78 is 0. The predicted octanol–water partition coefficient (Wildman–Crippen LogP) is 14.2. The van der Waals surface area contributed by atoms with Crippen LogP contribution in [0.2, 0.25) is 0 Å². The summed E-state index contributed by atoms with van der Waals surface area (Å²) in [6.45, 7) is 0. The van der Waals surface area contributed by atoms with Gasteiger partial charge in [0.25, 0.3) is 0 Å². The zero-order valence-electron chi connectivity index (χ0n) is 29.6. The molecule has 0 fully saturated rings. The van der Waals surface area contributed by atoms with Crippen molar-refractivity contribution in [2.24, 2.45) is 0 Å². The van der Waals surface area contributed by atoms with E-state index in [2.05, 4.69) is 168 Å². The van der Waals surface area contributed by atoms with E-state index in [0.29, 0.717) is 0 Å². The predicted molar refractivity (Wildman–Crippen MR) is 227 cm³/mol. The zero-order chi connectivity index (χ0) is 35.3. The summed E-state index contributed by atoms with van der Waals surface area (Å²) in [6, 6.07) is 59.5. The van der Waals surface area contributed by atoms with Crippen LogP contribution in [0.1, 0.15) is 22.3 Å². The molecule has 0 spiro atoms. The first-order valence-corrected chi connectivity index (χ1v) is 20.6. The van der Waals surface area contributed by atoms with Crippen LogP contribution in [-0.2, 0) is 25.7 Å². The highest BCUT2D eigenvalue weighted by Crippen LogP contribution is 2.57. The Labute approximate surface area is 324 Å². The van der Waals surface area contributed by atoms with E-state index in [4.69, 9.17) is 0 Å². The lowest BCUT2D eigenvalue weighted by atomic mass is 9.91. The highest BCUT2D eigenvalue weighted by molar-refractivity contribution is 8.00. The molecule has 0 saturated heterocycles. The van der Waals surface area contributed by atoms with Crippen LogP contribution in [0.25, 0.3) is 33.0 Å². The molecule has 4 heterocycles. The van der Waals surface area contributed by atoms with Gasteiger partial charge in [-0.05, 0) is 131 Å². The first-order valence-electron chi connectivity index (χ1n) is 18.9. The molecule has 4 aliphatic heterocycles. The molecule has 0 unspecified atom stereocenters. The lowest BCUT2D eigenvalue weighted by Crippen LogP contribution is -2.12. The first kappa shape index (κ1) is 30.7. The van der Waals surface area contributed by atoms with Gasteiger partial charge in [-0.3, -0.25) is 0 Å². The Morgan fingerprint density at radius 2 is 0.648 bits per heavy atom. The Bertz CT molecular complexity index is 2580. The van der Waals surface area contributed by atoms with Crippen LogP contribution in [-0.4, -0.2) is 0 Å². The molecule has 0 amide bonds. The van der Waals surface area contributed by atoms with Gasteiger partial charge in [0.15, 0.2) is 0 Å². The van der Waals surface area contributed by atoms with Gasteiger partial charge < -0.3 is 9.80 Å². The van der Waals surface area contributed by atoms with Crippen LogP contribution in [0, 0.1) is 0 Å². The number of hydrogen-bond donors (Lipinski definition) is 0. The van der Waals surface area contributed by atoms with Crippen LogP contribution in [0.5, 0.6) is 0 Å². The fourth-order valence-corrected chi connectivity index (χ4v) is 11.6. The Morgan fingerprint density at radius 1 is 0.315 bits per heavy atom. The molecule has 0 atom stereocenters. The van der Waals surface area contributed by atoms with Crippen LogP contribution in [0.4, 0.5) is 34.1 Å². The summed E-state index contributed by atoms with van der Waals surface area (Å²) in [5.41, 5.74) is 18.5. The molecule has 0 aromatic heterocycles. The molecule has 0 saturated carbocycles. The molecule has 0 radical (unpaired) electrons. The molecule has 54 heavy (non-hydrogen) atoms. The number of anilines is 6. The SMILES string of the molecule is c1ccc2c(c1)CCc1ccccc1N2c1ccc2c(c1)Sc1ccc3c4c(ccc-2c14)-c1ccc(N2c4ccccc4CCc4ccccc42)cc1S3. The molecular formula is C50H34N2S2. The molecule has 4 heteroatoms. The lowest BCUT2D eigenvalue weighted by Gasteiger charge is -2.31. The van der Waals surface area contributed by atoms with Crippen molar-refractivity contribution in [3.05, 3.63) is 180 Å².